The third kappa shape index (κ3) is 5.14. The van der Waals surface area contributed by atoms with E-state index < -0.39 is 79.0 Å². The van der Waals surface area contributed by atoms with Gasteiger partial charge in [-0.25, -0.2) is 4.98 Å². The number of aliphatic carboxylic acids is 1. The summed E-state index contributed by atoms with van der Waals surface area (Å²) in [4.78, 5) is 60.7. The fraction of sp³-hybridized carbons (Fsp3) is 0.652. The number of imidazole rings is 1. The quantitative estimate of drug-likeness (QED) is 0.285. The van der Waals surface area contributed by atoms with Crippen molar-refractivity contribution >= 4 is 34.8 Å². The topological polar surface area (TPSA) is 218 Å². The number of ketones is 1. The van der Waals surface area contributed by atoms with E-state index in [0.717, 1.165) is 12.8 Å². The normalized spacial score (nSPS) is 27.6. The standard InChI is InChI=1S/C23H31N5O10/c1-11(2)18(33)23(28-10-25-16-20(28)26-22(24)27-21(16)34)19(37-15-5-3-4-8-35-15)17(12(9-29)38-23)36-14(32)7-6-13(30)31/h10-12,15,17,19,29H,3-9H2,1-2H3,(H,30,31)(H3,24,26,27,34)/t12-,15?,17-,19-,23-/m1/s1. The van der Waals surface area contributed by atoms with Gasteiger partial charge in [0.05, 0.1) is 19.4 Å². The second-order valence-corrected chi connectivity index (χ2v) is 9.49. The molecule has 0 aromatic carbocycles. The molecule has 2 aliphatic heterocycles. The molecule has 2 saturated heterocycles. The van der Waals surface area contributed by atoms with Gasteiger partial charge in [0.1, 0.15) is 12.4 Å². The number of nitrogens with one attached hydrogen (secondary N) is 1. The van der Waals surface area contributed by atoms with Gasteiger partial charge < -0.3 is 34.9 Å². The van der Waals surface area contributed by atoms with Crippen LogP contribution in [-0.2, 0) is 39.1 Å². The third-order valence-electron chi connectivity index (χ3n) is 6.47. The summed E-state index contributed by atoms with van der Waals surface area (Å²) in [7, 11) is 0. The van der Waals surface area contributed by atoms with Crippen molar-refractivity contribution in [2.45, 2.75) is 76.3 Å². The highest BCUT2D eigenvalue weighted by molar-refractivity contribution is 5.90. The molecule has 2 aromatic rings. The van der Waals surface area contributed by atoms with E-state index in [2.05, 4.69) is 15.0 Å². The average molecular weight is 538 g/mol. The minimum Gasteiger partial charge on any atom is -0.481 e. The van der Waals surface area contributed by atoms with Crippen LogP contribution >= 0.6 is 0 Å². The Morgan fingerprint density at radius 3 is 2.71 bits per heavy atom. The molecule has 0 saturated carbocycles. The Hall–Kier alpha value is -3.40. The number of carboxylic acid groups (broad SMARTS) is 1. The van der Waals surface area contributed by atoms with Crippen LogP contribution in [0.25, 0.3) is 11.2 Å². The Kier molecular flexibility index (Phi) is 8.10. The first-order chi connectivity index (χ1) is 18.1. The van der Waals surface area contributed by atoms with Crippen LogP contribution < -0.4 is 11.3 Å². The van der Waals surface area contributed by atoms with Gasteiger partial charge in [-0.15, -0.1) is 0 Å². The van der Waals surface area contributed by atoms with Crippen molar-refractivity contribution in [2.75, 3.05) is 18.9 Å². The average Bonchev–Trinajstić information content (AvgIpc) is 3.43. The highest BCUT2D eigenvalue weighted by atomic mass is 16.7. The molecule has 0 amide bonds. The zero-order chi connectivity index (χ0) is 27.6. The van der Waals surface area contributed by atoms with E-state index in [9.17, 15) is 24.3 Å². The molecule has 2 aliphatic rings. The van der Waals surface area contributed by atoms with Gasteiger partial charge in [0.25, 0.3) is 5.56 Å². The van der Waals surface area contributed by atoms with E-state index in [-0.39, 0.29) is 17.1 Å². The van der Waals surface area contributed by atoms with Crippen molar-refractivity contribution in [3.63, 3.8) is 0 Å². The number of nitrogens with two attached hydrogens (primary N) is 1. The number of aromatic nitrogens is 4. The highest BCUT2D eigenvalue weighted by Gasteiger charge is 2.64. The molecule has 2 fully saturated rings. The number of H-pyrrole nitrogens is 1. The Bertz CT molecular complexity index is 1250. The maximum atomic E-state index is 14.0. The van der Waals surface area contributed by atoms with E-state index >= 15 is 0 Å². The van der Waals surface area contributed by atoms with Crippen LogP contribution in [0, 0.1) is 5.92 Å². The molecule has 4 heterocycles. The molecule has 5 atom stereocenters. The van der Waals surface area contributed by atoms with Crippen molar-refractivity contribution in [1.82, 2.24) is 19.5 Å². The van der Waals surface area contributed by atoms with Crippen molar-refractivity contribution in [1.29, 1.82) is 0 Å². The van der Waals surface area contributed by atoms with Crippen molar-refractivity contribution in [2.24, 2.45) is 5.92 Å². The lowest BCUT2D eigenvalue weighted by molar-refractivity contribution is -0.240. The first-order valence-electron chi connectivity index (χ1n) is 12.3. The molecule has 0 radical (unpaired) electrons. The molecule has 208 valence electrons. The van der Waals surface area contributed by atoms with Crippen LogP contribution in [0.4, 0.5) is 5.95 Å². The first-order valence-corrected chi connectivity index (χ1v) is 12.3. The molecule has 0 bridgehead atoms. The van der Waals surface area contributed by atoms with Gasteiger partial charge in [-0.2, -0.15) is 4.98 Å². The summed E-state index contributed by atoms with van der Waals surface area (Å²) in [5.41, 5.74) is 2.79. The summed E-state index contributed by atoms with van der Waals surface area (Å²) in [5, 5.41) is 19.2. The van der Waals surface area contributed by atoms with E-state index in [4.69, 9.17) is 29.8 Å². The zero-order valence-electron chi connectivity index (χ0n) is 21.0. The van der Waals surface area contributed by atoms with Gasteiger partial charge in [0.15, 0.2) is 35.4 Å². The number of carboxylic acids is 1. The minimum absolute atomic E-state index is 0.0899. The number of carbonyl (C=O) groups excluding carboxylic acids is 2. The second-order valence-electron chi connectivity index (χ2n) is 9.49. The van der Waals surface area contributed by atoms with Gasteiger partial charge in [-0.05, 0) is 19.3 Å². The lowest BCUT2D eigenvalue weighted by atomic mass is 9.91. The molecular weight excluding hydrogens is 506 g/mol. The van der Waals surface area contributed by atoms with Gasteiger partial charge >= 0.3 is 11.9 Å². The number of aromatic amines is 1. The summed E-state index contributed by atoms with van der Waals surface area (Å²) >= 11 is 0. The van der Waals surface area contributed by atoms with Crippen LogP contribution in [0.3, 0.4) is 0 Å². The number of rotatable bonds is 10. The van der Waals surface area contributed by atoms with Gasteiger partial charge in [-0.3, -0.25) is 28.7 Å². The molecule has 38 heavy (non-hydrogen) atoms. The molecule has 2 aromatic heterocycles. The molecule has 1 unspecified atom stereocenters. The lowest BCUT2D eigenvalue weighted by Crippen LogP contribution is -2.56. The number of aliphatic hydroxyl groups excluding tert-OH is 1. The zero-order valence-corrected chi connectivity index (χ0v) is 21.0. The van der Waals surface area contributed by atoms with Crippen LogP contribution in [0.5, 0.6) is 0 Å². The molecule has 15 nitrogen and oxygen atoms in total. The van der Waals surface area contributed by atoms with E-state index in [1.54, 1.807) is 13.8 Å². The lowest BCUT2D eigenvalue weighted by Gasteiger charge is -2.38. The van der Waals surface area contributed by atoms with Crippen molar-refractivity contribution in [3.8, 4) is 0 Å². The summed E-state index contributed by atoms with van der Waals surface area (Å²) in [6.45, 7) is 2.96. The van der Waals surface area contributed by atoms with Crippen LogP contribution in [-0.4, -0.2) is 85.3 Å². The maximum Gasteiger partial charge on any atom is 0.306 e. The SMILES string of the molecule is CC(C)C(=O)[C@@]1(n2cnc3c(=O)[nH]c(N)nc32)O[C@H](CO)[C@@H](OC(=O)CCC(=O)O)[C@H]1OC1CCCCO1. The van der Waals surface area contributed by atoms with Gasteiger partial charge in [0.2, 0.25) is 11.7 Å². The summed E-state index contributed by atoms with van der Waals surface area (Å²) in [6.07, 6.45) is -2.53. The number of carbonyl (C=O) groups is 3. The summed E-state index contributed by atoms with van der Waals surface area (Å²) < 4.78 is 25.0. The number of esters is 1. The fourth-order valence-corrected chi connectivity index (χ4v) is 4.73. The van der Waals surface area contributed by atoms with E-state index in [1.165, 1.54) is 10.9 Å². The van der Waals surface area contributed by atoms with Gasteiger partial charge in [0, 0.05) is 12.5 Å². The number of hydrogen-bond acceptors (Lipinski definition) is 12. The largest absolute Gasteiger partial charge is 0.481 e. The van der Waals surface area contributed by atoms with Crippen LogP contribution in [0.15, 0.2) is 11.1 Å². The molecular formula is C23H31N5O10. The number of ether oxygens (including phenoxy) is 4. The molecule has 0 aliphatic carbocycles. The molecule has 0 spiro atoms. The number of aliphatic hydroxyl groups is 1. The van der Waals surface area contributed by atoms with Crippen molar-refractivity contribution < 1.29 is 43.5 Å². The molecule has 5 N–H and O–H groups in total. The minimum atomic E-state index is -2.11. The predicted molar refractivity (Wildman–Crippen MR) is 128 cm³/mol. The number of anilines is 1. The number of hydrogen-bond donors (Lipinski definition) is 4. The third-order valence-corrected chi connectivity index (χ3v) is 6.47. The fourth-order valence-electron chi connectivity index (χ4n) is 4.73. The van der Waals surface area contributed by atoms with E-state index in [0.29, 0.717) is 13.0 Å². The molecule has 15 heteroatoms. The Morgan fingerprint density at radius 1 is 1.32 bits per heavy atom. The van der Waals surface area contributed by atoms with Crippen LogP contribution in [0.2, 0.25) is 0 Å². The van der Waals surface area contributed by atoms with Crippen LogP contribution in [0.1, 0.15) is 46.0 Å². The Morgan fingerprint density at radius 2 is 2.08 bits per heavy atom. The highest BCUT2D eigenvalue weighted by Crippen LogP contribution is 2.44. The first kappa shape index (κ1) is 27.6. The number of nitrogens with zero attached hydrogens (tertiary/aromatic N) is 3. The number of nitrogen functional groups attached to an aromatic ring is 1. The maximum absolute atomic E-state index is 14.0. The molecule has 4 rings (SSSR count). The van der Waals surface area contributed by atoms with Gasteiger partial charge in [-0.1, -0.05) is 13.8 Å². The Labute approximate surface area is 216 Å². The Balaban J connectivity index is 1.88. The summed E-state index contributed by atoms with van der Waals surface area (Å²) in [5.74, 6) is -3.54. The number of Topliss-reactive ketones (excluding diaryl/α,β-unsaturated/α-hetero) is 1. The van der Waals surface area contributed by atoms with E-state index in [1.807, 2.05) is 0 Å². The second kappa shape index (κ2) is 11.1. The smallest absolute Gasteiger partial charge is 0.306 e. The monoisotopic (exact) mass is 537 g/mol. The number of fused-ring (bicyclic) bond motifs is 1. The summed E-state index contributed by atoms with van der Waals surface area (Å²) in [6, 6.07) is 0. The predicted octanol–water partition coefficient (Wildman–Crippen LogP) is -0.341. The van der Waals surface area contributed by atoms with Crippen molar-refractivity contribution in [3.05, 3.63) is 16.7 Å².